The standard InChI is InChI=1S/C21H26O5/c1-20-8-16(24)15(23)7-11(20)3-4-12-13-5-6-14(18(26)10-22)21(13,2)9-17(25)19(12)20/h7-8,12-14,19,22,24H,3-6,9-10H2,1-2H3/t12-,13-,14+,19+,20-,21-/m0/s1. The van der Waals surface area contributed by atoms with E-state index in [1.165, 1.54) is 6.08 Å². The molecule has 5 heteroatoms. The van der Waals surface area contributed by atoms with Gasteiger partial charge in [0.05, 0.1) is 0 Å². The Morgan fingerprint density at radius 3 is 2.65 bits per heavy atom. The molecule has 0 saturated heterocycles. The lowest BCUT2D eigenvalue weighted by molar-refractivity contribution is -0.146. The summed E-state index contributed by atoms with van der Waals surface area (Å²) in [6, 6.07) is 0. The molecule has 6 atom stereocenters. The Morgan fingerprint density at radius 1 is 1.23 bits per heavy atom. The molecule has 0 aromatic heterocycles. The predicted octanol–water partition coefficient (Wildman–Crippen LogP) is 2.54. The number of hydrogen-bond donors (Lipinski definition) is 2. The summed E-state index contributed by atoms with van der Waals surface area (Å²) >= 11 is 0. The van der Waals surface area contributed by atoms with Crippen molar-refractivity contribution in [2.45, 2.75) is 46.0 Å². The molecule has 4 rings (SSSR count). The summed E-state index contributed by atoms with van der Waals surface area (Å²) in [7, 11) is 0. The summed E-state index contributed by atoms with van der Waals surface area (Å²) in [5, 5.41) is 19.4. The van der Waals surface area contributed by atoms with E-state index in [4.69, 9.17) is 0 Å². The number of aliphatic hydroxyl groups is 2. The lowest BCUT2D eigenvalue weighted by Crippen LogP contribution is -2.55. The number of carbonyl (C=O) groups excluding carboxylic acids is 3. The molecule has 0 aromatic rings. The fraction of sp³-hybridized carbons (Fsp3) is 0.667. The van der Waals surface area contributed by atoms with Gasteiger partial charge in [-0.1, -0.05) is 19.4 Å². The molecule has 140 valence electrons. The highest BCUT2D eigenvalue weighted by atomic mass is 16.3. The summed E-state index contributed by atoms with van der Waals surface area (Å²) in [6.45, 7) is 3.55. The first-order chi connectivity index (χ1) is 12.2. The topological polar surface area (TPSA) is 91.7 Å². The minimum Gasteiger partial charge on any atom is -0.504 e. The highest BCUT2D eigenvalue weighted by molar-refractivity contribution is 6.04. The van der Waals surface area contributed by atoms with Gasteiger partial charge in [0.1, 0.15) is 12.4 Å². The van der Waals surface area contributed by atoms with Crippen LogP contribution in [0.25, 0.3) is 0 Å². The van der Waals surface area contributed by atoms with Crippen LogP contribution in [0.4, 0.5) is 0 Å². The van der Waals surface area contributed by atoms with Gasteiger partial charge in [-0.25, -0.2) is 0 Å². The van der Waals surface area contributed by atoms with Crippen LogP contribution in [0, 0.1) is 34.5 Å². The quantitative estimate of drug-likeness (QED) is 0.791. The fourth-order valence-corrected chi connectivity index (χ4v) is 6.75. The molecule has 0 unspecified atom stereocenters. The molecule has 3 fully saturated rings. The number of allylic oxidation sites excluding steroid dienone is 3. The maximum absolute atomic E-state index is 13.3. The average molecular weight is 358 g/mol. The molecular weight excluding hydrogens is 332 g/mol. The SMILES string of the molecule is C[C@]12CC(=O)[C@H]3[C@@H](CCC4=CC(=O)C(O)=C[C@@]43C)[C@@H]1CC[C@@H]2C(=O)CO. The van der Waals surface area contributed by atoms with Gasteiger partial charge in [0.2, 0.25) is 5.78 Å². The second kappa shape index (κ2) is 5.62. The Kier molecular flexibility index (Phi) is 3.82. The number of rotatable bonds is 2. The average Bonchev–Trinajstić information content (AvgIpc) is 2.91. The number of hydrogen-bond acceptors (Lipinski definition) is 5. The van der Waals surface area contributed by atoms with Gasteiger partial charge in [-0.15, -0.1) is 0 Å². The Labute approximate surface area is 153 Å². The van der Waals surface area contributed by atoms with Gasteiger partial charge >= 0.3 is 0 Å². The minimum absolute atomic E-state index is 0.123. The largest absolute Gasteiger partial charge is 0.504 e. The Bertz CT molecular complexity index is 762. The zero-order chi connectivity index (χ0) is 18.9. The van der Waals surface area contributed by atoms with Gasteiger partial charge in [-0.05, 0) is 55.1 Å². The van der Waals surface area contributed by atoms with Crippen molar-refractivity contribution in [3.05, 3.63) is 23.5 Å². The summed E-state index contributed by atoms with van der Waals surface area (Å²) in [5.74, 6) is -0.754. The molecule has 0 amide bonds. The minimum atomic E-state index is -0.613. The Hall–Kier alpha value is -1.75. The molecule has 2 N–H and O–H groups in total. The van der Waals surface area contributed by atoms with E-state index in [-0.39, 0.29) is 52.2 Å². The third kappa shape index (κ3) is 2.16. The van der Waals surface area contributed by atoms with Crippen molar-refractivity contribution in [2.75, 3.05) is 6.61 Å². The van der Waals surface area contributed by atoms with E-state index in [1.807, 2.05) is 13.8 Å². The number of carbonyl (C=O) groups is 3. The van der Waals surface area contributed by atoms with Crippen molar-refractivity contribution < 1.29 is 24.6 Å². The number of aliphatic hydroxyl groups excluding tert-OH is 2. The van der Waals surface area contributed by atoms with Crippen molar-refractivity contribution in [2.24, 2.45) is 34.5 Å². The zero-order valence-corrected chi connectivity index (χ0v) is 15.3. The fourth-order valence-electron chi connectivity index (χ4n) is 6.75. The number of ketones is 3. The maximum atomic E-state index is 13.3. The van der Waals surface area contributed by atoms with Gasteiger partial charge < -0.3 is 10.2 Å². The van der Waals surface area contributed by atoms with Crippen LogP contribution in [0.5, 0.6) is 0 Å². The van der Waals surface area contributed by atoms with E-state index in [2.05, 4.69) is 0 Å². The third-order valence-corrected chi connectivity index (χ3v) is 7.88. The van der Waals surface area contributed by atoms with Crippen molar-refractivity contribution in [1.29, 1.82) is 0 Å². The van der Waals surface area contributed by atoms with Gasteiger partial charge in [0.25, 0.3) is 0 Å². The van der Waals surface area contributed by atoms with E-state index in [9.17, 15) is 24.6 Å². The molecule has 0 aliphatic heterocycles. The van der Waals surface area contributed by atoms with Crippen LogP contribution in [-0.2, 0) is 14.4 Å². The maximum Gasteiger partial charge on any atom is 0.219 e. The second-order valence-electron chi connectivity index (χ2n) is 9.04. The van der Waals surface area contributed by atoms with E-state index >= 15 is 0 Å². The molecule has 3 saturated carbocycles. The zero-order valence-electron chi connectivity index (χ0n) is 15.3. The lowest BCUT2D eigenvalue weighted by Gasteiger charge is -2.55. The van der Waals surface area contributed by atoms with Gasteiger partial charge in [-0.3, -0.25) is 14.4 Å². The summed E-state index contributed by atoms with van der Waals surface area (Å²) < 4.78 is 0. The van der Waals surface area contributed by atoms with Crippen LogP contribution >= 0.6 is 0 Å². The van der Waals surface area contributed by atoms with E-state index < -0.39 is 12.0 Å². The van der Waals surface area contributed by atoms with Crippen molar-refractivity contribution in [3.8, 4) is 0 Å². The van der Waals surface area contributed by atoms with Crippen LogP contribution in [-0.4, -0.2) is 34.2 Å². The summed E-state index contributed by atoms with van der Waals surface area (Å²) in [5.41, 5.74) is -0.0518. The van der Waals surface area contributed by atoms with E-state index in [1.54, 1.807) is 6.08 Å². The molecule has 0 radical (unpaired) electrons. The first-order valence-corrected chi connectivity index (χ1v) is 9.56. The Balaban J connectivity index is 1.74. The first-order valence-electron chi connectivity index (χ1n) is 9.56. The molecule has 4 aliphatic rings. The predicted molar refractivity (Wildman–Crippen MR) is 94.2 cm³/mol. The number of fused-ring (bicyclic) bond motifs is 5. The number of Topliss-reactive ketones (excluding diaryl/α,β-unsaturated/α-hetero) is 2. The second-order valence-corrected chi connectivity index (χ2v) is 9.04. The molecule has 0 heterocycles. The van der Waals surface area contributed by atoms with Crippen LogP contribution in [0.15, 0.2) is 23.5 Å². The molecule has 0 aromatic carbocycles. The Morgan fingerprint density at radius 2 is 1.96 bits per heavy atom. The molecule has 26 heavy (non-hydrogen) atoms. The molecule has 4 aliphatic carbocycles. The van der Waals surface area contributed by atoms with E-state index in [0.29, 0.717) is 6.42 Å². The third-order valence-electron chi connectivity index (χ3n) is 7.88. The molecule has 5 nitrogen and oxygen atoms in total. The summed E-state index contributed by atoms with van der Waals surface area (Å²) in [4.78, 5) is 37.4. The van der Waals surface area contributed by atoms with Crippen LogP contribution in [0.1, 0.15) is 46.0 Å². The van der Waals surface area contributed by atoms with E-state index in [0.717, 1.165) is 31.3 Å². The highest BCUT2D eigenvalue weighted by Gasteiger charge is 2.62. The highest BCUT2D eigenvalue weighted by Crippen LogP contribution is 2.65. The summed E-state index contributed by atoms with van der Waals surface area (Å²) in [6.07, 6.45) is 6.64. The van der Waals surface area contributed by atoms with Gasteiger partial charge in [-0.2, -0.15) is 0 Å². The molecular formula is C21H26O5. The molecule has 0 bridgehead atoms. The van der Waals surface area contributed by atoms with Crippen molar-refractivity contribution in [1.82, 2.24) is 0 Å². The van der Waals surface area contributed by atoms with Crippen molar-refractivity contribution >= 4 is 17.3 Å². The van der Waals surface area contributed by atoms with Gasteiger partial charge in [0, 0.05) is 23.7 Å². The van der Waals surface area contributed by atoms with Crippen LogP contribution in [0.2, 0.25) is 0 Å². The first kappa shape index (κ1) is 17.7. The lowest BCUT2D eigenvalue weighted by atomic mass is 9.47. The monoisotopic (exact) mass is 358 g/mol. The van der Waals surface area contributed by atoms with Crippen LogP contribution < -0.4 is 0 Å². The van der Waals surface area contributed by atoms with Crippen molar-refractivity contribution in [3.63, 3.8) is 0 Å². The molecule has 0 spiro atoms. The van der Waals surface area contributed by atoms with Gasteiger partial charge in [0.15, 0.2) is 11.5 Å². The normalized spacial score (nSPS) is 44.6. The van der Waals surface area contributed by atoms with Crippen LogP contribution in [0.3, 0.4) is 0 Å². The smallest absolute Gasteiger partial charge is 0.219 e.